The first kappa shape index (κ1) is 23.1. The Morgan fingerprint density at radius 1 is 1.24 bits per heavy atom. The lowest BCUT2D eigenvalue weighted by Gasteiger charge is -2.34. The largest absolute Gasteiger partial charge is 0.444 e. The number of benzene rings is 2. The molecule has 8 heteroatoms. The number of halogens is 1. The van der Waals surface area contributed by atoms with Gasteiger partial charge in [0.1, 0.15) is 5.60 Å². The van der Waals surface area contributed by atoms with Crippen LogP contribution >= 0.6 is 11.6 Å². The zero-order valence-corrected chi connectivity index (χ0v) is 20.4. The average molecular weight is 469 g/mol. The Morgan fingerprint density at radius 3 is 2.70 bits per heavy atom. The number of hydrogen-bond donors (Lipinski definition) is 1. The highest BCUT2D eigenvalue weighted by molar-refractivity contribution is 6.31. The molecule has 1 aliphatic rings. The number of rotatable bonds is 3. The molecular formula is C25H29ClN4O3. The number of anilines is 1. The fourth-order valence-electron chi connectivity index (χ4n) is 4.46. The highest BCUT2D eigenvalue weighted by Crippen LogP contribution is 2.41. The third-order valence-electron chi connectivity index (χ3n) is 5.92. The summed E-state index contributed by atoms with van der Waals surface area (Å²) in [6.45, 7) is 8.48. The number of nitrogens with one attached hydrogen (secondary N) is 1. The number of ether oxygens (including phenoxy) is 1. The van der Waals surface area contributed by atoms with Gasteiger partial charge in [-0.15, -0.1) is 0 Å². The molecule has 1 atom stereocenters. The van der Waals surface area contributed by atoms with Gasteiger partial charge in [0.05, 0.1) is 29.3 Å². The first-order valence-electron chi connectivity index (χ1n) is 11.0. The number of nitrogens with zero attached hydrogens (tertiary/aromatic N) is 3. The summed E-state index contributed by atoms with van der Waals surface area (Å²) >= 11 is 6.70. The van der Waals surface area contributed by atoms with Gasteiger partial charge >= 0.3 is 6.09 Å². The van der Waals surface area contributed by atoms with Crippen molar-refractivity contribution in [3.8, 4) is 0 Å². The first-order valence-corrected chi connectivity index (χ1v) is 11.3. The van der Waals surface area contributed by atoms with Gasteiger partial charge in [-0.25, -0.2) is 9.78 Å². The second-order valence-electron chi connectivity index (χ2n) is 9.68. The van der Waals surface area contributed by atoms with E-state index in [4.69, 9.17) is 16.3 Å². The molecule has 0 aliphatic carbocycles. The van der Waals surface area contributed by atoms with Crippen molar-refractivity contribution in [1.29, 1.82) is 0 Å². The van der Waals surface area contributed by atoms with Gasteiger partial charge in [0.2, 0.25) is 0 Å². The maximum atomic E-state index is 12.8. The van der Waals surface area contributed by atoms with E-state index < -0.39 is 11.1 Å². The number of amides is 1. The van der Waals surface area contributed by atoms with Gasteiger partial charge in [-0.3, -0.25) is 4.79 Å². The summed E-state index contributed by atoms with van der Waals surface area (Å²) < 4.78 is 7.08. The zero-order valence-electron chi connectivity index (χ0n) is 19.6. The molecule has 1 amide bonds. The molecule has 174 valence electrons. The fraction of sp³-hybridized carbons (Fsp3) is 0.400. The van der Waals surface area contributed by atoms with Crippen molar-refractivity contribution in [2.24, 2.45) is 7.05 Å². The molecule has 0 unspecified atom stereocenters. The van der Waals surface area contributed by atoms with Crippen molar-refractivity contribution in [3.05, 3.63) is 69.2 Å². The second kappa shape index (κ2) is 8.37. The van der Waals surface area contributed by atoms with Gasteiger partial charge < -0.3 is 19.5 Å². The van der Waals surface area contributed by atoms with E-state index in [0.29, 0.717) is 35.4 Å². The van der Waals surface area contributed by atoms with E-state index >= 15 is 0 Å². The predicted octanol–water partition coefficient (Wildman–Crippen LogP) is 4.84. The third kappa shape index (κ3) is 4.55. The molecule has 4 rings (SSSR count). The predicted molar refractivity (Wildman–Crippen MR) is 131 cm³/mol. The molecular weight excluding hydrogens is 440 g/mol. The van der Waals surface area contributed by atoms with Gasteiger partial charge in [-0.2, -0.15) is 0 Å². The van der Waals surface area contributed by atoms with Gasteiger partial charge in [0, 0.05) is 29.9 Å². The lowest BCUT2D eigenvalue weighted by atomic mass is 9.85. The van der Waals surface area contributed by atoms with Crippen LogP contribution < -0.4 is 10.9 Å². The summed E-state index contributed by atoms with van der Waals surface area (Å²) in [5, 5.41) is 4.79. The van der Waals surface area contributed by atoms with Crippen LogP contribution in [0.5, 0.6) is 0 Å². The monoisotopic (exact) mass is 468 g/mol. The summed E-state index contributed by atoms with van der Waals surface area (Å²) in [5.41, 5.74) is 2.03. The minimum absolute atomic E-state index is 0.117. The molecule has 33 heavy (non-hydrogen) atoms. The lowest BCUT2D eigenvalue weighted by Crippen LogP contribution is -2.42. The highest BCUT2D eigenvalue weighted by atomic mass is 35.5. The van der Waals surface area contributed by atoms with Gasteiger partial charge in [-0.1, -0.05) is 23.7 Å². The van der Waals surface area contributed by atoms with E-state index in [-0.39, 0.29) is 11.7 Å². The van der Waals surface area contributed by atoms with Gasteiger partial charge in [-0.05, 0) is 63.9 Å². The number of aryl methyl sites for hydroxylation is 2. The minimum atomic E-state index is -0.638. The Bertz CT molecular complexity index is 1260. The summed E-state index contributed by atoms with van der Waals surface area (Å²) in [7, 11) is 1.68. The van der Waals surface area contributed by atoms with Crippen LogP contribution in [-0.2, 0) is 17.3 Å². The average Bonchev–Trinajstić information content (AvgIpc) is 3.14. The Kier molecular flexibility index (Phi) is 5.86. The fourth-order valence-corrected chi connectivity index (χ4v) is 4.87. The Balaban J connectivity index is 1.77. The van der Waals surface area contributed by atoms with Gasteiger partial charge in [0.15, 0.2) is 0 Å². The van der Waals surface area contributed by atoms with Crippen molar-refractivity contribution in [2.45, 2.75) is 45.3 Å². The van der Waals surface area contributed by atoms with Crippen molar-refractivity contribution in [1.82, 2.24) is 14.5 Å². The summed E-state index contributed by atoms with van der Waals surface area (Å²) in [5.74, 6) is 0. The van der Waals surface area contributed by atoms with Crippen molar-refractivity contribution < 1.29 is 9.53 Å². The van der Waals surface area contributed by atoms with Crippen LogP contribution in [0.4, 0.5) is 10.5 Å². The minimum Gasteiger partial charge on any atom is -0.444 e. The number of carbonyl (C=O) groups excluding carboxylic acids is 1. The molecule has 0 radical (unpaired) electrons. The first-order chi connectivity index (χ1) is 15.5. The van der Waals surface area contributed by atoms with Crippen LogP contribution in [0.15, 0.2) is 47.5 Å². The van der Waals surface area contributed by atoms with E-state index in [0.717, 1.165) is 16.8 Å². The van der Waals surface area contributed by atoms with E-state index in [1.54, 1.807) is 11.9 Å². The van der Waals surface area contributed by atoms with E-state index in [1.165, 1.54) is 10.9 Å². The van der Waals surface area contributed by atoms with Crippen LogP contribution in [0.3, 0.4) is 0 Å². The van der Waals surface area contributed by atoms with Crippen molar-refractivity contribution in [2.75, 3.05) is 18.4 Å². The zero-order chi connectivity index (χ0) is 24.0. The number of hydrogen-bond acceptors (Lipinski definition) is 5. The van der Waals surface area contributed by atoms with Crippen LogP contribution in [0.2, 0.25) is 5.02 Å². The van der Waals surface area contributed by atoms with E-state index in [1.807, 2.05) is 64.1 Å². The number of fused-ring (bicyclic) bond motifs is 1. The molecule has 0 bridgehead atoms. The molecule has 1 aromatic heterocycles. The SMILES string of the molecule is Cc1cccc(Cl)c1[C@@]1(Nc2ccc3ncn(C)c(=O)c3c2)CCN(C(=O)OC(C)(C)C)C1. The maximum absolute atomic E-state index is 12.8. The molecule has 1 N–H and O–H groups in total. The Morgan fingerprint density at radius 2 is 2.00 bits per heavy atom. The molecule has 3 aromatic rings. The molecule has 0 spiro atoms. The van der Waals surface area contributed by atoms with Crippen LogP contribution in [0.1, 0.15) is 38.3 Å². The van der Waals surface area contributed by atoms with Gasteiger partial charge in [0.25, 0.3) is 5.56 Å². The summed E-state index contributed by atoms with van der Waals surface area (Å²) in [6.07, 6.45) is 1.80. The number of likely N-dealkylation sites (tertiary alicyclic amines) is 1. The summed E-state index contributed by atoms with van der Waals surface area (Å²) in [4.78, 5) is 31.5. The topological polar surface area (TPSA) is 76.5 Å². The van der Waals surface area contributed by atoms with E-state index in [2.05, 4.69) is 10.3 Å². The highest BCUT2D eigenvalue weighted by Gasteiger charge is 2.44. The maximum Gasteiger partial charge on any atom is 0.410 e. The van der Waals surface area contributed by atoms with Crippen LogP contribution in [0, 0.1) is 6.92 Å². The molecule has 1 aliphatic heterocycles. The second-order valence-corrected chi connectivity index (χ2v) is 10.1. The van der Waals surface area contributed by atoms with Crippen molar-refractivity contribution in [3.63, 3.8) is 0 Å². The van der Waals surface area contributed by atoms with E-state index in [9.17, 15) is 9.59 Å². The molecule has 1 fully saturated rings. The Hall–Kier alpha value is -3.06. The molecule has 2 aromatic carbocycles. The smallest absolute Gasteiger partial charge is 0.410 e. The summed E-state index contributed by atoms with van der Waals surface area (Å²) in [6, 6.07) is 11.3. The molecule has 1 saturated heterocycles. The molecule has 2 heterocycles. The van der Waals surface area contributed by atoms with Crippen molar-refractivity contribution >= 4 is 34.3 Å². The number of carbonyl (C=O) groups is 1. The quantitative estimate of drug-likeness (QED) is 0.595. The molecule has 0 saturated carbocycles. The third-order valence-corrected chi connectivity index (χ3v) is 6.24. The molecule has 7 nitrogen and oxygen atoms in total. The number of aromatic nitrogens is 2. The standard InChI is InChI=1S/C25H29ClN4O3/c1-16-7-6-8-19(26)21(16)25(11-12-30(14-25)23(32)33-24(2,3)4)28-17-9-10-20-18(13-17)22(31)29(5)15-27-20/h6-10,13,15,28H,11-12,14H2,1-5H3/t25-/m1/s1. The van der Waals surface area contributed by atoms with Crippen LogP contribution in [0.25, 0.3) is 10.9 Å². The van der Waals surface area contributed by atoms with Crippen LogP contribution in [-0.4, -0.2) is 39.2 Å². The normalized spacial score (nSPS) is 18.5. The Labute approximate surface area is 198 Å². The lowest BCUT2D eigenvalue weighted by molar-refractivity contribution is 0.0286.